The van der Waals surface area contributed by atoms with Gasteiger partial charge in [0.1, 0.15) is 6.04 Å². The summed E-state index contributed by atoms with van der Waals surface area (Å²) in [7, 11) is 0. The van der Waals surface area contributed by atoms with E-state index in [1.54, 1.807) is 18.2 Å². The largest absolute Gasteiger partial charge is 0.480 e. The molecular weight excluding hydrogens is 273 g/mol. The van der Waals surface area contributed by atoms with Crippen molar-refractivity contribution in [2.75, 3.05) is 6.54 Å². The van der Waals surface area contributed by atoms with Crippen molar-refractivity contribution >= 4 is 29.2 Å². The molecule has 0 bridgehead atoms. The van der Waals surface area contributed by atoms with Crippen LogP contribution in [0.5, 0.6) is 0 Å². The summed E-state index contributed by atoms with van der Waals surface area (Å²) in [6, 6.07) is 4.88. The summed E-state index contributed by atoms with van der Waals surface area (Å²) in [6.45, 7) is 1.33. The summed E-state index contributed by atoms with van der Waals surface area (Å²) >= 11 is 12.0. The van der Waals surface area contributed by atoms with Crippen LogP contribution in [0.1, 0.15) is 24.8 Å². The maximum atomic E-state index is 11.2. The Kier molecular flexibility index (Phi) is 4.49. The molecule has 18 heavy (non-hydrogen) atoms. The van der Waals surface area contributed by atoms with Gasteiger partial charge in [-0.25, -0.2) is 0 Å². The lowest BCUT2D eigenvalue weighted by Crippen LogP contribution is -2.44. The zero-order valence-electron chi connectivity index (χ0n) is 9.90. The maximum Gasteiger partial charge on any atom is 0.320 e. The number of aliphatic carboxylic acids is 1. The molecule has 1 heterocycles. The van der Waals surface area contributed by atoms with Crippen LogP contribution >= 0.6 is 23.2 Å². The summed E-state index contributed by atoms with van der Waals surface area (Å²) in [5.41, 5.74) is 0.886. The van der Waals surface area contributed by atoms with Crippen molar-refractivity contribution in [2.24, 2.45) is 0 Å². The minimum Gasteiger partial charge on any atom is -0.480 e. The van der Waals surface area contributed by atoms with Gasteiger partial charge in [0.15, 0.2) is 0 Å². The Morgan fingerprint density at radius 1 is 1.39 bits per heavy atom. The fourth-order valence-corrected chi connectivity index (χ4v) is 2.72. The van der Waals surface area contributed by atoms with Crippen molar-refractivity contribution in [1.29, 1.82) is 0 Å². The Balaban J connectivity index is 2.15. The number of hydrogen-bond acceptors (Lipinski definition) is 2. The van der Waals surface area contributed by atoms with Crippen LogP contribution in [-0.2, 0) is 11.3 Å². The van der Waals surface area contributed by atoms with Gasteiger partial charge in [0, 0.05) is 16.6 Å². The SMILES string of the molecule is O=C(O)C1CCCCN1Cc1cc(Cl)ccc1Cl. The molecule has 2 rings (SSSR count). The lowest BCUT2D eigenvalue weighted by molar-refractivity contribution is -0.144. The van der Waals surface area contributed by atoms with Crippen molar-refractivity contribution in [2.45, 2.75) is 31.8 Å². The minimum absolute atomic E-state index is 0.409. The highest BCUT2D eigenvalue weighted by Crippen LogP contribution is 2.25. The number of piperidine rings is 1. The average molecular weight is 288 g/mol. The van der Waals surface area contributed by atoms with E-state index in [2.05, 4.69) is 0 Å². The Morgan fingerprint density at radius 2 is 2.17 bits per heavy atom. The first-order chi connectivity index (χ1) is 8.58. The third kappa shape index (κ3) is 3.16. The molecule has 1 aliphatic heterocycles. The van der Waals surface area contributed by atoms with E-state index in [1.165, 1.54) is 0 Å². The molecule has 1 saturated heterocycles. The molecule has 3 nitrogen and oxygen atoms in total. The lowest BCUT2D eigenvalue weighted by atomic mass is 10.0. The van der Waals surface area contributed by atoms with Crippen LogP contribution in [0.4, 0.5) is 0 Å². The predicted molar refractivity (Wildman–Crippen MR) is 72.1 cm³/mol. The fourth-order valence-electron chi connectivity index (χ4n) is 2.34. The van der Waals surface area contributed by atoms with Crippen LogP contribution in [0.25, 0.3) is 0 Å². The van der Waals surface area contributed by atoms with E-state index in [0.29, 0.717) is 23.0 Å². The second-order valence-electron chi connectivity index (χ2n) is 4.56. The van der Waals surface area contributed by atoms with Gasteiger partial charge in [-0.15, -0.1) is 0 Å². The van der Waals surface area contributed by atoms with Crippen molar-refractivity contribution < 1.29 is 9.90 Å². The first kappa shape index (κ1) is 13.7. The Bertz CT molecular complexity index is 451. The molecule has 0 radical (unpaired) electrons. The smallest absolute Gasteiger partial charge is 0.320 e. The molecule has 1 aromatic rings. The molecule has 1 N–H and O–H groups in total. The third-order valence-electron chi connectivity index (χ3n) is 3.28. The molecule has 1 unspecified atom stereocenters. The fraction of sp³-hybridized carbons (Fsp3) is 0.462. The zero-order valence-corrected chi connectivity index (χ0v) is 11.4. The van der Waals surface area contributed by atoms with E-state index < -0.39 is 12.0 Å². The van der Waals surface area contributed by atoms with Crippen molar-refractivity contribution in [3.8, 4) is 0 Å². The highest BCUT2D eigenvalue weighted by Gasteiger charge is 2.28. The predicted octanol–water partition coefficient (Wildman–Crippen LogP) is 3.43. The summed E-state index contributed by atoms with van der Waals surface area (Å²) in [5, 5.41) is 10.5. The van der Waals surface area contributed by atoms with Gasteiger partial charge in [-0.3, -0.25) is 9.69 Å². The van der Waals surface area contributed by atoms with Gasteiger partial charge in [0.05, 0.1) is 0 Å². The van der Waals surface area contributed by atoms with Gasteiger partial charge < -0.3 is 5.11 Å². The van der Waals surface area contributed by atoms with Crippen molar-refractivity contribution in [3.05, 3.63) is 33.8 Å². The van der Waals surface area contributed by atoms with Crippen LogP contribution in [0.2, 0.25) is 10.0 Å². The average Bonchev–Trinajstić information content (AvgIpc) is 2.34. The molecule has 0 aromatic heterocycles. The quantitative estimate of drug-likeness (QED) is 0.926. The molecule has 0 saturated carbocycles. The number of carbonyl (C=O) groups is 1. The van der Waals surface area contributed by atoms with Crippen molar-refractivity contribution in [1.82, 2.24) is 4.90 Å². The number of hydrogen-bond donors (Lipinski definition) is 1. The van der Waals surface area contributed by atoms with Gasteiger partial charge in [-0.2, -0.15) is 0 Å². The van der Waals surface area contributed by atoms with Gasteiger partial charge in [0.25, 0.3) is 0 Å². The second-order valence-corrected chi connectivity index (χ2v) is 5.40. The zero-order chi connectivity index (χ0) is 13.1. The van der Waals surface area contributed by atoms with E-state index in [-0.39, 0.29) is 0 Å². The second kappa shape index (κ2) is 5.91. The summed E-state index contributed by atoms with van der Waals surface area (Å²) in [6.07, 6.45) is 2.70. The standard InChI is InChI=1S/C13H15Cl2NO2/c14-10-4-5-11(15)9(7-10)8-16-6-2-1-3-12(16)13(17)18/h4-5,7,12H,1-3,6,8H2,(H,17,18). The normalized spacial score (nSPS) is 20.9. The van der Waals surface area contributed by atoms with Crippen LogP contribution in [0.15, 0.2) is 18.2 Å². The molecule has 1 aromatic carbocycles. The molecular formula is C13H15Cl2NO2. The van der Waals surface area contributed by atoms with E-state index in [1.807, 2.05) is 4.90 Å². The number of carboxylic acid groups (broad SMARTS) is 1. The van der Waals surface area contributed by atoms with Crippen molar-refractivity contribution in [3.63, 3.8) is 0 Å². The summed E-state index contributed by atoms with van der Waals surface area (Å²) in [5.74, 6) is -0.757. The first-order valence-electron chi connectivity index (χ1n) is 5.98. The summed E-state index contributed by atoms with van der Waals surface area (Å²) in [4.78, 5) is 13.2. The lowest BCUT2D eigenvalue weighted by Gasteiger charge is -2.33. The number of rotatable bonds is 3. The number of benzene rings is 1. The molecule has 5 heteroatoms. The van der Waals surface area contributed by atoms with Crippen LogP contribution in [-0.4, -0.2) is 28.6 Å². The van der Waals surface area contributed by atoms with Crippen LogP contribution in [0.3, 0.4) is 0 Å². The molecule has 0 amide bonds. The Labute approximate surface area is 116 Å². The molecule has 1 atom stereocenters. The number of nitrogens with zero attached hydrogens (tertiary/aromatic N) is 1. The molecule has 0 spiro atoms. The highest BCUT2D eigenvalue weighted by molar-refractivity contribution is 6.33. The van der Waals surface area contributed by atoms with E-state index in [9.17, 15) is 9.90 Å². The molecule has 1 fully saturated rings. The van der Waals surface area contributed by atoms with Crippen LogP contribution in [0, 0.1) is 0 Å². The van der Waals surface area contributed by atoms with Gasteiger partial charge in [-0.05, 0) is 43.1 Å². The first-order valence-corrected chi connectivity index (χ1v) is 6.74. The van der Waals surface area contributed by atoms with Gasteiger partial charge >= 0.3 is 5.97 Å². The van der Waals surface area contributed by atoms with E-state index in [4.69, 9.17) is 23.2 Å². The topological polar surface area (TPSA) is 40.5 Å². The van der Waals surface area contributed by atoms with E-state index in [0.717, 1.165) is 24.9 Å². The number of halogens is 2. The minimum atomic E-state index is -0.757. The molecule has 0 aliphatic carbocycles. The number of carboxylic acids is 1. The van der Waals surface area contributed by atoms with Crippen LogP contribution < -0.4 is 0 Å². The van der Waals surface area contributed by atoms with Gasteiger partial charge in [0.2, 0.25) is 0 Å². The molecule has 98 valence electrons. The maximum absolute atomic E-state index is 11.2. The Hall–Kier alpha value is -0.770. The summed E-state index contributed by atoms with van der Waals surface area (Å²) < 4.78 is 0. The highest BCUT2D eigenvalue weighted by atomic mass is 35.5. The van der Waals surface area contributed by atoms with E-state index >= 15 is 0 Å². The van der Waals surface area contributed by atoms with Gasteiger partial charge in [-0.1, -0.05) is 29.6 Å². The molecule has 1 aliphatic rings. The monoisotopic (exact) mass is 287 g/mol. The number of likely N-dealkylation sites (tertiary alicyclic amines) is 1. The Morgan fingerprint density at radius 3 is 2.89 bits per heavy atom. The third-order valence-corrected chi connectivity index (χ3v) is 3.88.